The van der Waals surface area contributed by atoms with Gasteiger partial charge in [0.1, 0.15) is 0 Å². The molecule has 0 fully saturated rings. The van der Waals surface area contributed by atoms with Crippen LogP contribution in [0.4, 0.5) is 0 Å². The zero-order chi connectivity index (χ0) is 16.3. The molecule has 1 radical (unpaired) electrons. The Hall–Kier alpha value is 0. The first-order valence-electron chi connectivity index (χ1n) is 10.6. The molecule has 133 valence electrons. The van der Waals surface area contributed by atoms with Gasteiger partial charge in [0, 0.05) is 0 Å². The SMILES string of the molecule is [CH2]CCCCCCCCCCCCC(CCCC)CCCC. The molecule has 0 unspecified atom stereocenters. The molecule has 0 spiro atoms. The molecule has 0 heteroatoms. The van der Waals surface area contributed by atoms with Crippen molar-refractivity contribution < 1.29 is 0 Å². The minimum absolute atomic E-state index is 1.04. The number of hydrogen-bond acceptors (Lipinski definition) is 0. The third kappa shape index (κ3) is 16.4. The predicted octanol–water partition coefficient (Wildman–Crippen LogP) is 8.50. The van der Waals surface area contributed by atoms with Crippen molar-refractivity contribution >= 4 is 0 Å². The van der Waals surface area contributed by atoms with E-state index in [1.54, 1.807) is 0 Å². The van der Waals surface area contributed by atoms with Crippen molar-refractivity contribution in [3.8, 4) is 0 Å². The lowest BCUT2D eigenvalue weighted by Crippen LogP contribution is -2.01. The average Bonchev–Trinajstić information content (AvgIpc) is 2.54. The van der Waals surface area contributed by atoms with Crippen LogP contribution in [0.3, 0.4) is 0 Å². The van der Waals surface area contributed by atoms with Gasteiger partial charge in [0.05, 0.1) is 0 Å². The Bertz CT molecular complexity index is 176. The van der Waals surface area contributed by atoms with Gasteiger partial charge in [-0.3, -0.25) is 0 Å². The minimum Gasteiger partial charge on any atom is -0.0654 e. The molecule has 0 heterocycles. The Kier molecular flexibility index (Phi) is 19.0. The average molecular weight is 310 g/mol. The molecule has 22 heavy (non-hydrogen) atoms. The minimum atomic E-state index is 1.04. The first kappa shape index (κ1) is 22.0. The largest absolute Gasteiger partial charge is 0.0654 e. The molecule has 0 aliphatic carbocycles. The van der Waals surface area contributed by atoms with Crippen molar-refractivity contribution in [1.29, 1.82) is 0 Å². The summed E-state index contributed by atoms with van der Waals surface area (Å²) in [6.45, 7) is 8.57. The number of rotatable bonds is 18. The molecule has 0 rings (SSSR count). The van der Waals surface area contributed by atoms with E-state index in [2.05, 4.69) is 20.8 Å². The maximum absolute atomic E-state index is 3.91. The van der Waals surface area contributed by atoms with Gasteiger partial charge in [0.15, 0.2) is 0 Å². The van der Waals surface area contributed by atoms with Crippen molar-refractivity contribution in [2.45, 2.75) is 129 Å². The summed E-state index contributed by atoms with van der Waals surface area (Å²) in [5.74, 6) is 1.04. The fourth-order valence-electron chi connectivity index (χ4n) is 3.44. The summed E-state index contributed by atoms with van der Waals surface area (Å²) in [4.78, 5) is 0. The lowest BCUT2D eigenvalue weighted by Gasteiger charge is -2.16. The predicted molar refractivity (Wildman–Crippen MR) is 103 cm³/mol. The van der Waals surface area contributed by atoms with E-state index in [1.807, 2.05) is 0 Å². The van der Waals surface area contributed by atoms with Gasteiger partial charge < -0.3 is 0 Å². The van der Waals surface area contributed by atoms with Crippen molar-refractivity contribution in [2.24, 2.45) is 5.92 Å². The van der Waals surface area contributed by atoms with Crippen molar-refractivity contribution in [1.82, 2.24) is 0 Å². The summed E-state index contributed by atoms with van der Waals surface area (Å²) in [6.07, 6.45) is 25.7. The summed E-state index contributed by atoms with van der Waals surface area (Å²) >= 11 is 0. The van der Waals surface area contributed by atoms with Crippen molar-refractivity contribution in [3.63, 3.8) is 0 Å². The van der Waals surface area contributed by atoms with Crippen molar-refractivity contribution in [2.75, 3.05) is 0 Å². The van der Waals surface area contributed by atoms with Gasteiger partial charge in [-0.1, -0.05) is 136 Å². The molecule has 0 aliphatic heterocycles. The van der Waals surface area contributed by atoms with E-state index in [4.69, 9.17) is 0 Å². The topological polar surface area (TPSA) is 0 Å². The Morgan fingerprint density at radius 3 is 1.27 bits per heavy atom. The quantitative estimate of drug-likeness (QED) is 0.223. The van der Waals surface area contributed by atoms with Gasteiger partial charge in [0.2, 0.25) is 0 Å². The van der Waals surface area contributed by atoms with Gasteiger partial charge in [-0.25, -0.2) is 0 Å². The van der Waals surface area contributed by atoms with E-state index in [1.165, 1.54) is 109 Å². The highest BCUT2D eigenvalue weighted by Gasteiger charge is 2.07. The van der Waals surface area contributed by atoms with Crippen LogP contribution in [0.15, 0.2) is 0 Å². The first-order valence-corrected chi connectivity index (χ1v) is 10.6. The first-order chi connectivity index (χ1) is 10.8. The summed E-state index contributed by atoms with van der Waals surface area (Å²) in [6, 6.07) is 0. The van der Waals surface area contributed by atoms with Crippen molar-refractivity contribution in [3.05, 3.63) is 6.92 Å². The van der Waals surface area contributed by atoms with Gasteiger partial charge in [-0.05, 0) is 5.92 Å². The molecule has 0 atom stereocenters. The third-order valence-electron chi connectivity index (χ3n) is 5.04. The number of hydrogen-bond donors (Lipinski definition) is 0. The second-order valence-corrected chi connectivity index (χ2v) is 7.33. The lowest BCUT2D eigenvalue weighted by molar-refractivity contribution is 0.376. The molecule has 0 aromatic carbocycles. The van der Waals surface area contributed by atoms with E-state index in [0.717, 1.165) is 12.3 Å². The second kappa shape index (κ2) is 19.0. The Balaban J connectivity index is 3.33. The highest BCUT2D eigenvalue weighted by atomic mass is 14.1. The maximum Gasteiger partial charge on any atom is -0.0414 e. The second-order valence-electron chi connectivity index (χ2n) is 7.33. The monoisotopic (exact) mass is 309 g/mol. The fraction of sp³-hybridized carbons (Fsp3) is 0.955. The Morgan fingerprint density at radius 1 is 0.500 bits per heavy atom. The molecule has 0 bridgehead atoms. The highest BCUT2D eigenvalue weighted by Crippen LogP contribution is 2.23. The van der Waals surface area contributed by atoms with E-state index in [-0.39, 0.29) is 0 Å². The van der Waals surface area contributed by atoms with Crippen LogP contribution in [0.2, 0.25) is 0 Å². The summed E-state index contributed by atoms with van der Waals surface area (Å²) < 4.78 is 0. The van der Waals surface area contributed by atoms with E-state index < -0.39 is 0 Å². The fourth-order valence-corrected chi connectivity index (χ4v) is 3.44. The number of unbranched alkanes of at least 4 members (excludes halogenated alkanes) is 12. The lowest BCUT2D eigenvalue weighted by atomic mass is 9.90. The van der Waals surface area contributed by atoms with E-state index in [9.17, 15) is 0 Å². The molecule has 0 aliphatic rings. The normalized spacial score (nSPS) is 11.5. The van der Waals surface area contributed by atoms with E-state index in [0.29, 0.717) is 0 Å². The van der Waals surface area contributed by atoms with Gasteiger partial charge in [-0.2, -0.15) is 0 Å². The molecule has 0 aromatic heterocycles. The standard InChI is InChI=1S/C22H45/c1-4-7-10-11-12-13-14-15-16-17-18-21-22(19-8-5-2)20-9-6-3/h22H,1,4-21H2,2-3H3. The molecule has 0 amide bonds. The Morgan fingerprint density at radius 2 is 0.864 bits per heavy atom. The summed E-state index contributed by atoms with van der Waals surface area (Å²) in [5.41, 5.74) is 0. The zero-order valence-corrected chi connectivity index (χ0v) is 16.0. The molecular weight excluding hydrogens is 264 g/mol. The maximum atomic E-state index is 3.91. The van der Waals surface area contributed by atoms with Crippen LogP contribution in [0.25, 0.3) is 0 Å². The molecule has 0 aromatic rings. The van der Waals surface area contributed by atoms with Crippen LogP contribution in [-0.4, -0.2) is 0 Å². The molecule has 0 N–H and O–H groups in total. The van der Waals surface area contributed by atoms with Gasteiger partial charge in [0.25, 0.3) is 0 Å². The summed E-state index contributed by atoms with van der Waals surface area (Å²) in [7, 11) is 0. The van der Waals surface area contributed by atoms with Crippen LogP contribution in [-0.2, 0) is 0 Å². The smallest absolute Gasteiger partial charge is 0.0414 e. The van der Waals surface area contributed by atoms with Crippen LogP contribution in [0, 0.1) is 12.8 Å². The van der Waals surface area contributed by atoms with E-state index >= 15 is 0 Å². The zero-order valence-electron chi connectivity index (χ0n) is 16.0. The molecule has 0 saturated carbocycles. The van der Waals surface area contributed by atoms with Crippen LogP contribution in [0.5, 0.6) is 0 Å². The molecular formula is C22H45. The van der Waals surface area contributed by atoms with Gasteiger partial charge >= 0.3 is 0 Å². The highest BCUT2D eigenvalue weighted by molar-refractivity contribution is 4.60. The molecule has 0 saturated heterocycles. The third-order valence-corrected chi connectivity index (χ3v) is 5.04. The van der Waals surface area contributed by atoms with Crippen LogP contribution < -0.4 is 0 Å². The molecule has 0 nitrogen and oxygen atoms in total. The van der Waals surface area contributed by atoms with Gasteiger partial charge in [-0.15, -0.1) is 0 Å². The van der Waals surface area contributed by atoms with Crippen LogP contribution in [0.1, 0.15) is 129 Å². The van der Waals surface area contributed by atoms with Crippen LogP contribution >= 0.6 is 0 Å². The summed E-state index contributed by atoms with van der Waals surface area (Å²) in [5, 5.41) is 0. The Labute approximate surface area is 142 Å².